The number of H-pyrrole nitrogens is 1. The lowest BCUT2D eigenvalue weighted by Gasteiger charge is -2.09. The van der Waals surface area contributed by atoms with Gasteiger partial charge in [0.05, 0.1) is 0 Å². The van der Waals surface area contributed by atoms with Gasteiger partial charge in [-0.1, -0.05) is 59.9 Å². The fourth-order valence-electron chi connectivity index (χ4n) is 3.15. The Morgan fingerprint density at radius 2 is 1.74 bits per heavy atom. The zero-order chi connectivity index (χ0) is 21.6. The molecule has 0 aliphatic carbocycles. The van der Waals surface area contributed by atoms with Crippen LogP contribution in [-0.4, -0.2) is 20.7 Å². The molecule has 2 N–H and O–H groups in total. The number of amides is 1. The van der Waals surface area contributed by atoms with Gasteiger partial charge in [0.25, 0.3) is 0 Å². The molecule has 0 spiro atoms. The van der Waals surface area contributed by atoms with Crippen LogP contribution in [0.25, 0.3) is 11.4 Å². The van der Waals surface area contributed by atoms with Gasteiger partial charge >= 0.3 is 0 Å². The van der Waals surface area contributed by atoms with Crippen molar-refractivity contribution in [3.63, 3.8) is 0 Å². The molecule has 5 nitrogen and oxygen atoms in total. The number of aromatic amines is 1. The number of anilines is 1. The number of nitrogens with zero attached hydrogens (tertiary/aromatic N) is 2. The first-order valence-electron chi connectivity index (χ1n) is 9.78. The second kappa shape index (κ2) is 9.24. The third-order valence-electron chi connectivity index (χ3n) is 4.61. The Balaban J connectivity index is 1.50. The highest BCUT2D eigenvalue weighted by Crippen LogP contribution is 2.19. The normalized spacial score (nSPS) is 10.2. The summed E-state index contributed by atoms with van der Waals surface area (Å²) in [5.41, 5.74) is 4.45. The molecule has 0 bridgehead atoms. The molecule has 1 heterocycles. The molecule has 0 aliphatic heterocycles. The third-order valence-corrected chi connectivity index (χ3v) is 4.92. The molecular formula is C25H20N4OS. The van der Waals surface area contributed by atoms with Crippen LogP contribution in [0.5, 0.6) is 0 Å². The van der Waals surface area contributed by atoms with Gasteiger partial charge in [-0.05, 0) is 55.5 Å². The molecule has 0 radical (unpaired) electrons. The van der Waals surface area contributed by atoms with E-state index in [2.05, 4.69) is 27.4 Å². The Bertz CT molecular complexity index is 1340. The summed E-state index contributed by atoms with van der Waals surface area (Å²) in [6, 6.07) is 25.2. The lowest BCUT2D eigenvalue weighted by molar-refractivity contribution is -0.116. The van der Waals surface area contributed by atoms with E-state index in [4.69, 9.17) is 12.2 Å². The fraction of sp³-hybridized carbons (Fsp3) is 0.0800. The fourth-order valence-corrected chi connectivity index (χ4v) is 3.35. The zero-order valence-electron chi connectivity index (χ0n) is 16.9. The number of rotatable bonds is 4. The SMILES string of the molecule is Cc1cccc(-c2n[nH]c(=S)n2CC(=O)Nc2cccc(C#Cc3ccccc3)c2)c1. The molecule has 31 heavy (non-hydrogen) atoms. The molecule has 3 aromatic carbocycles. The Hall–Kier alpha value is -3.95. The quantitative estimate of drug-likeness (QED) is 0.360. The Labute approximate surface area is 185 Å². The highest BCUT2D eigenvalue weighted by atomic mass is 32.1. The molecule has 0 saturated carbocycles. The van der Waals surface area contributed by atoms with Crippen LogP contribution < -0.4 is 5.32 Å². The van der Waals surface area contributed by atoms with E-state index < -0.39 is 0 Å². The van der Waals surface area contributed by atoms with Crippen LogP contribution in [0.4, 0.5) is 5.69 Å². The minimum Gasteiger partial charge on any atom is -0.324 e. The van der Waals surface area contributed by atoms with Crippen molar-refractivity contribution >= 4 is 23.8 Å². The molecule has 0 atom stereocenters. The predicted octanol–water partition coefficient (Wildman–Crippen LogP) is 4.95. The maximum absolute atomic E-state index is 12.7. The standard InChI is InChI=1S/C25H20N4OS/c1-18-7-5-11-21(15-18)24-27-28-25(31)29(24)17-23(30)26-22-12-6-10-20(16-22)14-13-19-8-3-2-4-9-19/h2-12,15-16H,17H2,1H3,(H,26,30)(H,28,31). The number of aromatic nitrogens is 3. The molecule has 4 aromatic rings. The highest BCUT2D eigenvalue weighted by Gasteiger charge is 2.13. The van der Waals surface area contributed by atoms with Crippen molar-refractivity contribution in [3.05, 3.63) is 100 Å². The molecule has 0 aliphatic rings. The number of nitrogens with one attached hydrogen (secondary N) is 2. The van der Waals surface area contributed by atoms with Gasteiger partial charge in [-0.2, -0.15) is 5.10 Å². The van der Waals surface area contributed by atoms with Crippen LogP contribution >= 0.6 is 12.2 Å². The molecular weight excluding hydrogens is 404 g/mol. The summed E-state index contributed by atoms with van der Waals surface area (Å²) in [6.45, 7) is 2.06. The summed E-state index contributed by atoms with van der Waals surface area (Å²) in [5, 5.41) is 10.0. The average molecular weight is 425 g/mol. The minimum absolute atomic E-state index is 0.0541. The monoisotopic (exact) mass is 424 g/mol. The Morgan fingerprint density at radius 3 is 2.55 bits per heavy atom. The van der Waals surface area contributed by atoms with Crippen molar-refractivity contribution in [2.45, 2.75) is 13.5 Å². The summed E-state index contributed by atoms with van der Waals surface area (Å²) >= 11 is 5.34. The molecule has 0 unspecified atom stereocenters. The summed E-state index contributed by atoms with van der Waals surface area (Å²) < 4.78 is 2.09. The Kier molecular flexibility index (Phi) is 6.06. The van der Waals surface area contributed by atoms with E-state index in [1.807, 2.05) is 85.8 Å². The largest absolute Gasteiger partial charge is 0.324 e. The van der Waals surface area contributed by atoms with Gasteiger partial charge in [0, 0.05) is 22.4 Å². The number of hydrogen-bond donors (Lipinski definition) is 2. The van der Waals surface area contributed by atoms with Gasteiger partial charge in [0.1, 0.15) is 6.54 Å². The summed E-state index contributed by atoms with van der Waals surface area (Å²) in [7, 11) is 0. The van der Waals surface area contributed by atoms with Gasteiger partial charge in [-0.15, -0.1) is 0 Å². The lowest BCUT2D eigenvalue weighted by Crippen LogP contribution is -2.19. The van der Waals surface area contributed by atoms with Crippen molar-refractivity contribution in [2.75, 3.05) is 5.32 Å². The van der Waals surface area contributed by atoms with E-state index in [0.717, 1.165) is 22.3 Å². The maximum Gasteiger partial charge on any atom is 0.244 e. The van der Waals surface area contributed by atoms with Gasteiger partial charge in [-0.3, -0.25) is 14.5 Å². The van der Waals surface area contributed by atoms with Gasteiger partial charge in [0.2, 0.25) is 5.91 Å². The van der Waals surface area contributed by atoms with E-state index in [-0.39, 0.29) is 12.5 Å². The first-order valence-corrected chi connectivity index (χ1v) is 10.2. The first kappa shape index (κ1) is 20.3. The van der Waals surface area contributed by atoms with Crippen molar-refractivity contribution in [3.8, 4) is 23.2 Å². The number of benzene rings is 3. The van der Waals surface area contributed by atoms with Crippen molar-refractivity contribution in [1.29, 1.82) is 0 Å². The van der Waals surface area contributed by atoms with Crippen LogP contribution in [0.3, 0.4) is 0 Å². The maximum atomic E-state index is 12.7. The van der Waals surface area contributed by atoms with E-state index in [1.165, 1.54) is 0 Å². The van der Waals surface area contributed by atoms with Crippen LogP contribution in [-0.2, 0) is 11.3 Å². The van der Waals surface area contributed by atoms with Crippen molar-refractivity contribution in [2.24, 2.45) is 0 Å². The number of aryl methyl sites for hydroxylation is 1. The van der Waals surface area contributed by atoms with Crippen LogP contribution in [0.15, 0.2) is 78.9 Å². The molecule has 0 fully saturated rings. The molecule has 4 rings (SSSR count). The minimum atomic E-state index is -0.195. The van der Waals surface area contributed by atoms with Crippen LogP contribution in [0.1, 0.15) is 16.7 Å². The van der Waals surface area contributed by atoms with Gasteiger partial charge in [0.15, 0.2) is 10.6 Å². The van der Waals surface area contributed by atoms with E-state index in [0.29, 0.717) is 16.3 Å². The second-order valence-electron chi connectivity index (χ2n) is 7.05. The third kappa shape index (κ3) is 5.16. The molecule has 6 heteroatoms. The smallest absolute Gasteiger partial charge is 0.244 e. The summed E-state index contributed by atoms with van der Waals surface area (Å²) in [5.74, 6) is 6.69. The van der Waals surface area contributed by atoms with Crippen molar-refractivity contribution < 1.29 is 4.79 Å². The highest BCUT2D eigenvalue weighted by molar-refractivity contribution is 7.71. The topological polar surface area (TPSA) is 62.7 Å². The molecule has 1 amide bonds. The van der Waals surface area contributed by atoms with Gasteiger partial charge in [-0.25, -0.2) is 0 Å². The lowest BCUT2D eigenvalue weighted by atomic mass is 10.1. The predicted molar refractivity (Wildman–Crippen MR) is 125 cm³/mol. The zero-order valence-corrected chi connectivity index (χ0v) is 17.7. The second-order valence-corrected chi connectivity index (χ2v) is 7.44. The van der Waals surface area contributed by atoms with E-state index >= 15 is 0 Å². The Morgan fingerprint density at radius 1 is 1.00 bits per heavy atom. The van der Waals surface area contributed by atoms with E-state index in [9.17, 15) is 4.79 Å². The number of carbonyl (C=O) groups excluding carboxylic acids is 1. The van der Waals surface area contributed by atoms with E-state index in [1.54, 1.807) is 4.57 Å². The van der Waals surface area contributed by atoms with Crippen molar-refractivity contribution in [1.82, 2.24) is 14.8 Å². The summed E-state index contributed by atoms with van der Waals surface area (Å²) in [4.78, 5) is 12.7. The van der Waals surface area contributed by atoms with Gasteiger partial charge < -0.3 is 5.32 Å². The molecule has 152 valence electrons. The summed E-state index contributed by atoms with van der Waals surface area (Å²) in [6.07, 6.45) is 0. The first-order chi connectivity index (χ1) is 15.1. The number of hydrogen-bond acceptors (Lipinski definition) is 3. The van der Waals surface area contributed by atoms with Crippen LogP contribution in [0.2, 0.25) is 0 Å². The van der Waals surface area contributed by atoms with Crippen LogP contribution in [0, 0.1) is 23.5 Å². The number of carbonyl (C=O) groups is 1. The average Bonchev–Trinajstić information content (AvgIpc) is 3.13. The molecule has 0 saturated heterocycles. The molecule has 1 aromatic heterocycles.